The number of aromatic amines is 2. The third kappa shape index (κ3) is 5.74. The zero-order valence-corrected chi connectivity index (χ0v) is 32.3. The van der Waals surface area contributed by atoms with E-state index in [0.717, 1.165) is 118 Å². The van der Waals surface area contributed by atoms with Crippen molar-refractivity contribution >= 4 is 46.4 Å². The van der Waals surface area contributed by atoms with Crippen molar-refractivity contribution in [2.24, 2.45) is 0 Å². The number of benzene rings is 4. The summed E-state index contributed by atoms with van der Waals surface area (Å²) in [5.41, 5.74) is 15.3. The van der Waals surface area contributed by atoms with E-state index in [-0.39, 0.29) is 0 Å². The van der Waals surface area contributed by atoms with Gasteiger partial charge >= 0.3 is 0 Å². The first kappa shape index (κ1) is 35.1. The number of hydrogen-bond donors (Lipinski definition) is 3. The van der Waals surface area contributed by atoms with Gasteiger partial charge in [0.15, 0.2) is 0 Å². The van der Waals surface area contributed by atoms with Crippen LogP contribution < -0.4 is 18.9 Å². The first-order valence-corrected chi connectivity index (χ1v) is 18.9. The highest BCUT2D eigenvalue weighted by Gasteiger charge is 2.30. The van der Waals surface area contributed by atoms with Crippen molar-refractivity contribution in [1.29, 1.82) is 0 Å². The van der Waals surface area contributed by atoms with Gasteiger partial charge in [-0.2, -0.15) is 0 Å². The number of aromatic nitrogens is 4. The van der Waals surface area contributed by atoms with Crippen molar-refractivity contribution in [3.8, 4) is 67.5 Å². The molecule has 2 aliphatic heterocycles. The molecule has 0 saturated carbocycles. The van der Waals surface area contributed by atoms with Gasteiger partial charge in [0.05, 0.1) is 56.7 Å². The van der Waals surface area contributed by atoms with Crippen LogP contribution in [0.5, 0.6) is 23.0 Å². The summed E-state index contributed by atoms with van der Waals surface area (Å²) in [5.74, 6) is 2.93. The maximum atomic E-state index is 12.2. The zero-order chi connectivity index (χ0) is 39.5. The first-order valence-electron chi connectivity index (χ1n) is 18.9. The largest absolute Gasteiger partial charge is 0.497 e. The van der Waals surface area contributed by atoms with Crippen molar-refractivity contribution in [3.63, 3.8) is 0 Å². The van der Waals surface area contributed by atoms with E-state index in [9.17, 15) is 5.11 Å². The zero-order valence-electron chi connectivity index (χ0n) is 32.3. The number of rotatable bonds is 7. The molecule has 9 heteroatoms. The van der Waals surface area contributed by atoms with Crippen LogP contribution >= 0.6 is 0 Å². The van der Waals surface area contributed by atoms with Gasteiger partial charge in [0.25, 0.3) is 0 Å². The lowest BCUT2D eigenvalue weighted by Gasteiger charge is -2.22. The van der Waals surface area contributed by atoms with E-state index >= 15 is 0 Å². The Balaban J connectivity index is 1.39. The molecule has 0 fully saturated rings. The summed E-state index contributed by atoms with van der Waals surface area (Å²) in [6, 6.07) is 36.1. The van der Waals surface area contributed by atoms with Gasteiger partial charge in [-0.1, -0.05) is 42.5 Å². The van der Waals surface area contributed by atoms with Crippen molar-refractivity contribution in [2.75, 3.05) is 28.4 Å². The minimum atomic E-state index is -0.926. The van der Waals surface area contributed by atoms with Crippen molar-refractivity contribution < 1.29 is 24.1 Å². The summed E-state index contributed by atoms with van der Waals surface area (Å²) in [6.07, 6.45) is 7.30. The van der Waals surface area contributed by atoms with Crippen LogP contribution in [0.1, 0.15) is 40.0 Å². The Kier molecular flexibility index (Phi) is 8.46. The van der Waals surface area contributed by atoms with E-state index in [1.807, 2.05) is 91.0 Å². The molecule has 284 valence electrons. The molecule has 8 bridgehead atoms. The summed E-state index contributed by atoms with van der Waals surface area (Å²) in [5, 5.41) is 12.2. The fourth-order valence-corrected chi connectivity index (χ4v) is 8.28. The smallest absolute Gasteiger partial charge is 0.119 e. The maximum Gasteiger partial charge on any atom is 0.119 e. The summed E-state index contributed by atoms with van der Waals surface area (Å²) in [6.45, 7) is 0. The number of nitrogens with one attached hydrogen (secondary N) is 2. The number of ether oxygens (including phenoxy) is 4. The van der Waals surface area contributed by atoms with Gasteiger partial charge in [-0.3, -0.25) is 0 Å². The number of fused-ring (bicyclic) bond motifs is 10. The van der Waals surface area contributed by atoms with E-state index in [4.69, 9.17) is 28.9 Å². The molecule has 10 rings (SSSR count). The molecular weight excluding hydrogens is 725 g/mol. The molecule has 3 N–H and O–H groups in total. The maximum absolute atomic E-state index is 12.2. The third-order valence-corrected chi connectivity index (χ3v) is 11.2. The van der Waals surface area contributed by atoms with Crippen molar-refractivity contribution in [2.45, 2.75) is 6.10 Å². The molecule has 58 heavy (non-hydrogen) atoms. The van der Waals surface area contributed by atoms with Crippen LogP contribution in [0.15, 0.2) is 109 Å². The van der Waals surface area contributed by atoms with Crippen LogP contribution in [0.4, 0.5) is 0 Å². The topological polar surface area (TPSA) is 115 Å². The molecule has 3 aromatic heterocycles. The molecule has 3 aliphatic rings. The Bertz CT molecular complexity index is 2990. The van der Waals surface area contributed by atoms with E-state index in [1.54, 1.807) is 28.4 Å². The lowest BCUT2D eigenvalue weighted by molar-refractivity contribution is 0.221. The Morgan fingerprint density at radius 3 is 1.41 bits per heavy atom. The SMILES string of the molecule is COc1ccc(-c2c3nc(c(-c4ccc(OC)cc4)c4ccc([nH]4)c(-c4ccc(OC)cc4)c4cc5c([nH]4)c(c4nc2C=C4)-c2ccc(OC)cc2C5O)C=C3)cc1. The second kappa shape index (κ2) is 14.0. The van der Waals surface area contributed by atoms with Crippen molar-refractivity contribution in [1.82, 2.24) is 19.9 Å². The summed E-state index contributed by atoms with van der Waals surface area (Å²) in [4.78, 5) is 18.3. The standard InChI is InChI=1S/C49H38N4O5/c1-55-30-11-5-27(6-12-30)44-37-19-20-38(50-37)45(28-7-13-31(56-2)14-8-28)40-23-24-42(52-40)47-34-18-17-33(58-4)25-35(34)49(54)36-26-43(53-48(36)47)46(41-22-21-39(44)51-41)29-9-15-32(57-3)16-10-29/h5-26,49,51,53-54H,1-4H3. The number of H-pyrrole nitrogens is 2. The van der Waals surface area contributed by atoms with E-state index < -0.39 is 6.10 Å². The lowest BCUT2D eigenvalue weighted by Crippen LogP contribution is -2.07. The molecule has 5 heterocycles. The van der Waals surface area contributed by atoms with E-state index in [2.05, 4.69) is 52.5 Å². The molecule has 1 unspecified atom stereocenters. The Labute approximate surface area is 334 Å². The lowest BCUT2D eigenvalue weighted by atomic mass is 9.86. The van der Waals surface area contributed by atoms with Gasteiger partial charge in [-0.25, -0.2) is 9.97 Å². The minimum absolute atomic E-state index is 0.660. The molecule has 7 aromatic rings. The molecule has 1 atom stereocenters. The molecule has 4 aromatic carbocycles. The fraction of sp³-hybridized carbons (Fsp3) is 0.102. The summed E-state index contributed by atoms with van der Waals surface area (Å²) in [7, 11) is 6.63. The van der Waals surface area contributed by atoms with Crippen LogP contribution in [-0.4, -0.2) is 53.5 Å². The van der Waals surface area contributed by atoms with Crippen LogP contribution in [0.25, 0.3) is 90.9 Å². The molecular formula is C49H38N4O5. The number of hydrogen-bond acceptors (Lipinski definition) is 7. The summed E-state index contributed by atoms with van der Waals surface area (Å²) >= 11 is 0. The monoisotopic (exact) mass is 762 g/mol. The first-order chi connectivity index (χ1) is 28.4. The normalized spacial score (nSPS) is 13.6. The summed E-state index contributed by atoms with van der Waals surface area (Å²) < 4.78 is 22.3. The van der Waals surface area contributed by atoms with Crippen LogP contribution in [0, 0.1) is 0 Å². The molecule has 0 saturated heterocycles. The van der Waals surface area contributed by atoms with Crippen molar-refractivity contribution in [3.05, 3.63) is 143 Å². The second-order valence-electron chi connectivity index (χ2n) is 14.3. The highest BCUT2D eigenvalue weighted by molar-refractivity contribution is 6.02. The quantitative estimate of drug-likeness (QED) is 0.148. The van der Waals surface area contributed by atoms with Crippen LogP contribution in [0.3, 0.4) is 0 Å². The predicted molar refractivity (Wildman–Crippen MR) is 231 cm³/mol. The highest BCUT2D eigenvalue weighted by Crippen LogP contribution is 2.47. The average molecular weight is 763 g/mol. The predicted octanol–water partition coefficient (Wildman–Crippen LogP) is 10.8. The van der Waals surface area contributed by atoms with Gasteiger partial charge < -0.3 is 34.0 Å². The minimum Gasteiger partial charge on any atom is -0.497 e. The number of aliphatic hydroxyl groups is 1. The fourth-order valence-electron chi connectivity index (χ4n) is 8.28. The molecule has 1 aliphatic carbocycles. The molecule has 0 radical (unpaired) electrons. The van der Waals surface area contributed by atoms with Crippen LogP contribution in [0.2, 0.25) is 0 Å². The van der Waals surface area contributed by atoms with E-state index in [1.165, 1.54) is 0 Å². The molecule has 0 spiro atoms. The molecule has 0 amide bonds. The van der Waals surface area contributed by atoms with Gasteiger partial charge in [-0.05, 0) is 119 Å². The highest BCUT2D eigenvalue weighted by atomic mass is 16.5. The molecule has 9 nitrogen and oxygen atoms in total. The van der Waals surface area contributed by atoms with Crippen LogP contribution in [-0.2, 0) is 0 Å². The van der Waals surface area contributed by atoms with Gasteiger partial charge in [0.2, 0.25) is 0 Å². The number of nitrogens with zero attached hydrogens (tertiary/aromatic N) is 2. The van der Waals surface area contributed by atoms with Gasteiger partial charge in [0, 0.05) is 44.4 Å². The Morgan fingerprint density at radius 2 is 0.879 bits per heavy atom. The third-order valence-electron chi connectivity index (χ3n) is 11.2. The van der Waals surface area contributed by atoms with E-state index in [0.29, 0.717) is 5.75 Å². The number of aliphatic hydroxyl groups excluding tert-OH is 1. The van der Waals surface area contributed by atoms with Gasteiger partial charge in [0.1, 0.15) is 29.1 Å². The average Bonchev–Trinajstić information content (AvgIpc) is 4.11. The van der Waals surface area contributed by atoms with Gasteiger partial charge in [-0.15, -0.1) is 0 Å². The number of methoxy groups -OCH3 is 4. The Hall–Kier alpha value is -7.36. The Morgan fingerprint density at radius 1 is 0.431 bits per heavy atom. The second-order valence-corrected chi connectivity index (χ2v) is 14.3.